The van der Waals surface area contributed by atoms with Crippen LogP contribution in [0.1, 0.15) is 40.3 Å². The maximum atomic E-state index is 13.1. The third-order valence-electron chi connectivity index (χ3n) is 4.16. The predicted octanol–water partition coefficient (Wildman–Crippen LogP) is 2.33. The molecule has 0 saturated heterocycles. The van der Waals surface area contributed by atoms with Gasteiger partial charge in [0.25, 0.3) is 5.91 Å². The number of benzene rings is 1. The van der Waals surface area contributed by atoms with E-state index >= 15 is 0 Å². The monoisotopic (exact) mass is 384 g/mol. The van der Waals surface area contributed by atoms with Crippen LogP contribution in [0.3, 0.4) is 0 Å². The molecule has 0 fully saturated rings. The highest BCUT2D eigenvalue weighted by molar-refractivity contribution is 6.01. The Morgan fingerprint density at radius 1 is 1.25 bits per heavy atom. The average Bonchev–Trinajstić information content (AvgIpc) is 2.63. The summed E-state index contributed by atoms with van der Waals surface area (Å²) in [7, 11) is 3.26. The van der Waals surface area contributed by atoms with Crippen molar-refractivity contribution in [3.8, 4) is 5.75 Å². The molecule has 3 rings (SSSR count). The number of hydrogen-bond donors (Lipinski definition) is 3. The Kier molecular flexibility index (Phi) is 5.53. The number of carbonyl (C=O) groups is 1. The first-order valence-electron chi connectivity index (χ1n) is 8.68. The summed E-state index contributed by atoms with van der Waals surface area (Å²) in [5.74, 6) is -1.27. The molecule has 0 saturated carbocycles. The summed E-state index contributed by atoms with van der Waals surface area (Å²) in [6.07, 6.45) is 1.09. The van der Waals surface area contributed by atoms with Crippen LogP contribution in [0.5, 0.6) is 5.75 Å². The molecule has 3 N–H and O–H groups in total. The molecule has 1 unspecified atom stereocenters. The van der Waals surface area contributed by atoms with Gasteiger partial charge in [-0.3, -0.25) is 15.2 Å². The Morgan fingerprint density at radius 3 is 2.54 bits per heavy atom. The van der Waals surface area contributed by atoms with Gasteiger partial charge in [0.1, 0.15) is 11.3 Å². The number of fused-ring (bicyclic) bond motifs is 1. The van der Waals surface area contributed by atoms with Crippen LogP contribution in [-0.4, -0.2) is 45.2 Å². The fraction of sp³-hybridized carbons (Fsp3) is 0.250. The zero-order valence-corrected chi connectivity index (χ0v) is 15.8. The first kappa shape index (κ1) is 19.7. The van der Waals surface area contributed by atoms with Crippen LogP contribution in [0.25, 0.3) is 10.9 Å². The van der Waals surface area contributed by atoms with Gasteiger partial charge in [0, 0.05) is 25.7 Å². The minimum atomic E-state index is -0.975. The Labute approximate surface area is 161 Å². The van der Waals surface area contributed by atoms with Crippen LogP contribution in [-0.2, 0) is 6.42 Å². The van der Waals surface area contributed by atoms with Crippen molar-refractivity contribution in [1.82, 2.24) is 20.4 Å². The van der Waals surface area contributed by atoms with E-state index in [-0.39, 0.29) is 28.5 Å². The fourth-order valence-electron chi connectivity index (χ4n) is 2.91. The third-order valence-corrected chi connectivity index (χ3v) is 4.16. The van der Waals surface area contributed by atoms with E-state index < -0.39 is 12.0 Å². The quantitative estimate of drug-likeness (QED) is 0.584. The van der Waals surface area contributed by atoms with E-state index in [0.717, 1.165) is 11.1 Å². The van der Waals surface area contributed by atoms with E-state index in [1.54, 1.807) is 38.5 Å². The maximum Gasteiger partial charge on any atom is 0.288 e. The highest BCUT2D eigenvalue weighted by Crippen LogP contribution is 2.31. The van der Waals surface area contributed by atoms with E-state index in [0.29, 0.717) is 11.8 Å². The summed E-state index contributed by atoms with van der Waals surface area (Å²) in [5, 5.41) is 22.6. The fourth-order valence-corrected chi connectivity index (χ4v) is 2.91. The smallest absolute Gasteiger partial charge is 0.288 e. The molecule has 7 nitrogen and oxygen atoms in total. The second kappa shape index (κ2) is 7.87. The number of hydrazine groups is 1. The van der Waals surface area contributed by atoms with Gasteiger partial charge in [-0.25, -0.2) is 14.4 Å². The van der Waals surface area contributed by atoms with Gasteiger partial charge in [-0.1, -0.05) is 12.1 Å². The molecule has 146 valence electrons. The molecule has 3 aromatic rings. The number of rotatable bonds is 5. The number of aliphatic hydroxyl groups excluding tert-OH is 1. The molecule has 0 aliphatic rings. The van der Waals surface area contributed by atoms with Gasteiger partial charge in [0.15, 0.2) is 11.4 Å². The molecular formula is C20H21FN4O3. The van der Waals surface area contributed by atoms with Crippen molar-refractivity contribution in [2.45, 2.75) is 19.4 Å². The van der Waals surface area contributed by atoms with Gasteiger partial charge in [0.05, 0.1) is 11.8 Å². The standard InChI is InChI=1S/C20H21FN4O3/c1-11(26)16-15-9-13(8-12-4-6-14(21)7-5-12)10-22-17(15)19(27)18(23-16)20(28)24-25(2)3/h4-7,9-11,26-27H,8H2,1-3H3,(H,24,28). The highest BCUT2D eigenvalue weighted by Gasteiger charge is 2.22. The second-order valence-corrected chi connectivity index (χ2v) is 6.75. The number of nitrogens with zero attached hydrogens (tertiary/aromatic N) is 3. The van der Waals surface area contributed by atoms with Crippen molar-refractivity contribution >= 4 is 16.8 Å². The lowest BCUT2D eigenvalue weighted by Crippen LogP contribution is -2.36. The lowest BCUT2D eigenvalue weighted by atomic mass is 10.0. The molecule has 28 heavy (non-hydrogen) atoms. The first-order chi connectivity index (χ1) is 13.3. The third kappa shape index (κ3) is 4.08. The van der Waals surface area contributed by atoms with Crippen LogP contribution in [0.15, 0.2) is 36.5 Å². The van der Waals surface area contributed by atoms with Crippen molar-refractivity contribution in [1.29, 1.82) is 0 Å². The van der Waals surface area contributed by atoms with Gasteiger partial charge in [-0.2, -0.15) is 0 Å². The molecule has 0 radical (unpaired) electrons. The summed E-state index contributed by atoms with van der Waals surface area (Å²) in [5.41, 5.74) is 4.41. The number of aliphatic hydroxyl groups is 1. The second-order valence-electron chi connectivity index (χ2n) is 6.75. The SMILES string of the molecule is CC(O)c1nc(C(=O)NN(C)C)c(O)c2ncc(Cc3ccc(F)cc3)cc12. The van der Waals surface area contributed by atoms with Crippen LogP contribution in [0.4, 0.5) is 4.39 Å². The molecule has 0 aliphatic carbocycles. The minimum Gasteiger partial charge on any atom is -0.504 e. The molecule has 0 bridgehead atoms. The average molecular weight is 384 g/mol. The van der Waals surface area contributed by atoms with Crippen molar-refractivity contribution in [2.75, 3.05) is 14.1 Å². The molecule has 0 aliphatic heterocycles. The van der Waals surface area contributed by atoms with Crippen LogP contribution in [0, 0.1) is 5.82 Å². The van der Waals surface area contributed by atoms with Gasteiger partial charge in [-0.05, 0) is 42.7 Å². The summed E-state index contributed by atoms with van der Waals surface area (Å²) in [4.78, 5) is 20.8. The normalized spacial score (nSPS) is 12.4. The number of pyridine rings is 2. The molecule has 8 heteroatoms. The van der Waals surface area contributed by atoms with E-state index in [1.165, 1.54) is 24.1 Å². The van der Waals surface area contributed by atoms with Gasteiger partial charge < -0.3 is 10.2 Å². The molecule has 2 heterocycles. The number of hydrogen-bond acceptors (Lipinski definition) is 6. The topological polar surface area (TPSA) is 98.6 Å². The lowest BCUT2D eigenvalue weighted by molar-refractivity contribution is 0.0847. The van der Waals surface area contributed by atoms with Crippen LogP contribution in [0.2, 0.25) is 0 Å². The van der Waals surface area contributed by atoms with Crippen LogP contribution < -0.4 is 5.43 Å². The Bertz CT molecular complexity index is 1020. The Balaban J connectivity index is 2.08. The number of amides is 1. The number of halogens is 1. The lowest BCUT2D eigenvalue weighted by Gasteiger charge is -2.16. The van der Waals surface area contributed by atoms with Gasteiger partial charge >= 0.3 is 0 Å². The zero-order chi connectivity index (χ0) is 20.4. The molecule has 1 aromatic carbocycles. The largest absolute Gasteiger partial charge is 0.504 e. The molecule has 0 spiro atoms. The summed E-state index contributed by atoms with van der Waals surface area (Å²) in [6.45, 7) is 1.53. The summed E-state index contributed by atoms with van der Waals surface area (Å²) < 4.78 is 13.1. The highest BCUT2D eigenvalue weighted by atomic mass is 19.1. The Hall–Kier alpha value is -3.10. The van der Waals surface area contributed by atoms with E-state index in [2.05, 4.69) is 15.4 Å². The number of aromatic hydroxyl groups is 1. The minimum absolute atomic E-state index is 0.178. The van der Waals surface area contributed by atoms with Crippen molar-refractivity contribution in [2.24, 2.45) is 0 Å². The predicted molar refractivity (Wildman–Crippen MR) is 102 cm³/mol. The summed E-state index contributed by atoms with van der Waals surface area (Å²) >= 11 is 0. The van der Waals surface area contributed by atoms with Gasteiger partial charge in [-0.15, -0.1) is 0 Å². The Morgan fingerprint density at radius 2 is 1.93 bits per heavy atom. The van der Waals surface area contributed by atoms with Crippen molar-refractivity contribution in [3.05, 3.63) is 64.9 Å². The van der Waals surface area contributed by atoms with Crippen molar-refractivity contribution in [3.63, 3.8) is 0 Å². The van der Waals surface area contributed by atoms with Crippen LogP contribution >= 0.6 is 0 Å². The van der Waals surface area contributed by atoms with Gasteiger partial charge in [0.2, 0.25) is 0 Å². The number of nitrogens with one attached hydrogen (secondary N) is 1. The first-order valence-corrected chi connectivity index (χ1v) is 8.68. The zero-order valence-electron chi connectivity index (χ0n) is 15.8. The van der Waals surface area contributed by atoms with E-state index in [1.807, 2.05) is 0 Å². The summed E-state index contributed by atoms with van der Waals surface area (Å²) in [6, 6.07) is 7.88. The van der Waals surface area contributed by atoms with E-state index in [9.17, 15) is 19.4 Å². The maximum absolute atomic E-state index is 13.1. The van der Waals surface area contributed by atoms with E-state index in [4.69, 9.17) is 0 Å². The molecule has 1 amide bonds. The van der Waals surface area contributed by atoms with Crippen molar-refractivity contribution < 1.29 is 19.4 Å². The molecule has 1 atom stereocenters. The number of carbonyl (C=O) groups excluding carboxylic acids is 1. The molecule has 2 aromatic heterocycles. The number of aromatic nitrogens is 2. The molecular weight excluding hydrogens is 363 g/mol.